The Morgan fingerprint density at radius 3 is 2.33 bits per heavy atom. The number of rotatable bonds is 7. The number of nitrogens with zero attached hydrogens (tertiary/aromatic N) is 1. The molecular weight excluding hydrogens is 547 g/mol. The van der Waals surface area contributed by atoms with Gasteiger partial charge in [0.2, 0.25) is 5.91 Å². The lowest BCUT2D eigenvalue weighted by Crippen LogP contribution is -2.29. The van der Waals surface area contributed by atoms with Crippen molar-refractivity contribution in [3.05, 3.63) is 106 Å². The van der Waals surface area contributed by atoms with Crippen molar-refractivity contribution in [3.8, 4) is 5.75 Å². The van der Waals surface area contributed by atoms with Crippen molar-refractivity contribution in [2.45, 2.75) is 6.04 Å². The summed E-state index contributed by atoms with van der Waals surface area (Å²) in [5, 5.41) is 23.2. The van der Waals surface area contributed by atoms with Crippen molar-refractivity contribution in [2.75, 3.05) is 17.3 Å². The number of carboxylic acids is 1. The topological polar surface area (TPSA) is 133 Å². The molecular formula is C28H20Cl2N2O7. The Morgan fingerprint density at radius 1 is 0.974 bits per heavy atom. The molecule has 3 N–H and O–H groups in total. The summed E-state index contributed by atoms with van der Waals surface area (Å²) in [5.41, 5.74) is 0.963. The van der Waals surface area contributed by atoms with Gasteiger partial charge in [-0.1, -0.05) is 47.5 Å². The zero-order valence-electron chi connectivity index (χ0n) is 20.2. The van der Waals surface area contributed by atoms with Gasteiger partial charge in [0.25, 0.3) is 11.7 Å². The van der Waals surface area contributed by atoms with Gasteiger partial charge in [0.05, 0.1) is 23.7 Å². The first-order valence-electron chi connectivity index (χ1n) is 11.3. The summed E-state index contributed by atoms with van der Waals surface area (Å²) in [5.74, 6) is -3.93. The smallest absolute Gasteiger partial charge is 0.328 e. The molecule has 0 bridgehead atoms. The summed E-state index contributed by atoms with van der Waals surface area (Å²) in [6.45, 7) is 0. The summed E-state index contributed by atoms with van der Waals surface area (Å²) < 4.78 is 5.19. The molecule has 2 amide bonds. The van der Waals surface area contributed by atoms with Crippen LogP contribution in [0.5, 0.6) is 5.75 Å². The molecule has 1 aliphatic heterocycles. The van der Waals surface area contributed by atoms with Crippen LogP contribution in [0.2, 0.25) is 10.0 Å². The van der Waals surface area contributed by atoms with Crippen molar-refractivity contribution < 1.29 is 34.1 Å². The fourth-order valence-electron chi connectivity index (χ4n) is 4.10. The number of ether oxygens (including phenoxy) is 1. The van der Waals surface area contributed by atoms with Gasteiger partial charge < -0.3 is 20.3 Å². The van der Waals surface area contributed by atoms with Gasteiger partial charge in [-0.2, -0.15) is 0 Å². The normalized spacial score (nSPS) is 16.5. The second kappa shape index (κ2) is 11.4. The molecule has 4 rings (SSSR count). The van der Waals surface area contributed by atoms with Gasteiger partial charge in [-0.3, -0.25) is 19.3 Å². The first-order chi connectivity index (χ1) is 18.6. The molecule has 0 radical (unpaired) electrons. The van der Waals surface area contributed by atoms with E-state index in [2.05, 4.69) is 5.32 Å². The van der Waals surface area contributed by atoms with Crippen LogP contribution in [-0.4, -0.2) is 40.9 Å². The third-order valence-corrected chi connectivity index (χ3v) is 6.37. The molecule has 1 heterocycles. The summed E-state index contributed by atoms with van der Waals surface area (Å²) >= 11 is 12.4. The highest BCUT2D eigenvalue weighted by molar-refractivity contribution is 6.52. The number of ketones is 1. The van der Waals surface area contributed by atoms with E-state index in [-0.39, 0.29) is 21.8 Å². The molecule has 11 heteroatoms. The number of Topliss-reactive ketones (excluding diaryl/α,β-unsaturated/α-hetero) is 1. The van der Waals surface area contributed by atoms with E-state index in [1.165, 1.54) is 42.3 Å². The van der Waals surface area contributed by atoms with Crippen molar-refractivity contribution in [1.82, 2.24) is 0 Å². The van der Waals surface area contributed by atoms with E-state index in [9.17, 15) is 24.3 Å². The number of aliphatic hydroxyl groups excluding tert-OH is 1. The van der Waals surface area contributed by atoms with Crippen LogP contribution in [0, 0.1) is 0 Å². The minimum absolute atomic E-state index is 0.139. The van der Waals surface area contributed by atoms with Crippen LogP contribution in [-0.2, 0) is 19.2 Å². The Morgan fingerprint density at radius 2 is 1.69 bits per heavy atom. The van der Waals surface area contributed by atoms with Crippen molar-refractivity contribution >= 4 is 63.9 Å². The highest BCUT2D eigenvalue weighted by Crippen LogP contribution is 2.43. The zero-order chi connectivity index (χ0) is 28.3. The standard InChI is InChI=1S/C28H20Cl2N2O7/c1-39-21-10-9-19(14-20(21)30)32-25(15-5-7-17(29)8-6-15)24(27(37)28(32)38)26(36)16-3-2-4-18(13-16)31-22(33)11-12-23(34)35/h2-14,25,36H,1H3,(H,31,33)(H,34,35)/b12-11-,26-24?. The number of amides is 2. The lowest BCUT2D eigenvalue weighted by Gasteiger charge is -2.26. The average Bonchev–Trinajstić information content (AvgIpc) is 3.17. The van der Waals surface area contributed by atoms with E-state index >= 15 is 0 Å². The maximum atomic E-state index is 13.3. The molecule has 1 atom stereocenters. The lowest BCUT2D eigenvalue weighted by atomic mass is 9.95. The number of benzene rings is 3. The number of nitrogens with one attached hydrogen (secondary N) is 1. The van der Waals surface area contributed by atoms with Crippen LogP contribution in [0.25, 0.3) is 5.76 Å². The molecule has 0 aliphatic carbocycles. The van der Waals surface area contributed by atoms with E-state index in [1.54, 1.807) is 36.4 Å². The van der Waals surface area contributed by atoms with E-state index in [0.29, 0.717) is 28.1 Å². The van der Waals surface area contributed by atoms with Gasteiger partial charge in [-0.15, -0.1) is 0 Å². The zero-order valence-corrected chi connectivity index (χ0v) is 21.7. The molecule has 1 fully saturated rings. The molecule has 198 valence electrons. The van der Waals surface area contributed by atoms with Crippen molar-refractivity contribution in [1.29, 1.82) is 0 Å². The van der Waals surface area contributed by atoms with Crippen LogP contribution >= 0.6 is 23.2 Å². The maximum absolute atomic E-state index is 13.3. The third kappa shape index (κ3) is 5.79. The van der Waals surface area contributed by atoms with Crippen LogP contribution in [0.3, 0.4) is 0 Å². The molecule has 1 aliphatic rings. The fraction of sp³-hybridized carbons (Fsp3) is 0.0714. The number of anilines is 2. The van der Waals surface area contributed by atoms with Crippen LogP contribution < -0.4 is 15.0 Å². The number of hydrogen-bond donors (Lipinski definition) is 3. The van der Waals surface area contributed by atoms with Crippen molar-refractivity contribution in [3.63, 3.8) is 0 Å². The quantitative estimate of drug-likeness (QED) is 0.203. The Bertz CT molecular complexity index is 1550. The van der Waals surface area contributed by atoms with Gasteiger partial charge in [-0.05, 0) is 48.0 Å². The number of carbonyl (C=O) groups is 4. The second-order valence-corrected chi connectivity index (χ2v) is 9.12. The minimum atomic E-state index is -1.29. The summed E-state index contributed by atoms with van der Waals surface area (Å²) in [6, 6.07) is 15.9. The predicted octanol–water partition coefficient (Wildman–Crippen LogP) is 5.21. The third-order valence-electron chi connectivity index (χ3n) is 5.82. The number of halogens is 2. The van der Waals surface area contributed by atoms with Crippen LogP contribution in [0.4, 0.5) is 11.4 Å². The molecule has 0 aromatic heterocycles. The van der Waals surface area contributed by atoms with E-state index in [4.69, 9.17) is 33.0 Å². The first kappa shape index (κ1) is 27.4. The van der Waals surface area contributed by atoms with Crippen molar-refractivity contribution in [2.24, 2.45) is 0 Å². The average molecular weight is 567 g/mol. The summed E-state index contributed by atoms with van der Waals surface area (Å²) in [4.78, 5) is 50.6. The first-order valence-corrected chi connectivity index (χ1v) is 12.1. The second-order valence-electron chi connectivity index (χ2n) is 8.28. The van der Waals surface area contributed by atoms with E-state index < -0.39 is 35.4 Å². The number of aliphatic carboxylic acids is 1. The Labute approximate surface area is 232 Å². The van der Waals surface area contributed by atoms with Crippen LogP contribution in [0.15, 0.2) is 84.5 Å². The van der Waals surface area contributed by atoms with Crippen LogP contribution in [0.1, 0.15) is 17.2 Å². The number of aliphatic hydroxyl groups is 1. The molecule has 3 aromatic rings. The Kier molecular flexibility index (Phi) is 8.04. The summed E-state index contributed by atoms with van der Waals surface area (Å²) in [7, 11) is 1.44. The fourth-order valence-corrected chi connectivity index (χ4v) is 4.47. The Hall–Kier alpha value is -4.60. The van der Waals surface area contributed by atoms with E-state index in [0.717, 1.165) is 6.08 Å². The molecule has 9 nitrogen and oxygen atoms in total. The summed E-state index contributed by atoms with van der Waals surface area (Å²) in [6.07, 6.45) is 1.51. The van der Waals surface area contributed by atoms with E-state index in [1.807, 2.05) is 0 Å². The number of methoxy groups -OCH3 is 1. The maximum Gasteiger partial charge on any atom is 0.328 e. The van der Waals surface area contributed by atoms with Gasteiger partial charge >= 0.3 is 5.97 Å². The molecule has 0 saturated carbocycles. The molecule has 1 saturated heterocycles. The minimum Gasteiger partial charge on any atom is -0.507 e. The van der Waals surface area contributed by atoms with Gasteiger partial charge in [0, 0.05) is 34.1 Å². The van der Waals surface area contributed by atoms with Gasteiger partial charge in [-0.25, -0.2) is 4.79 Å². The monoisotopic (exact) mass is 566 g/mol. The SMILES string of the molecule is COc1ccc(N2C(=O)C(=O)C(=C(O)c3cccc(NC(=O)/C=C\C(=O)O)c3)C2c2ccc(Cl)cc2)cc1Cl. The highest BCUT2D eigenvalue weighted by atomic mass is 35.5. The molecule has 1 unspecified atom stereocenters. The largest absolute Gasteiger partial charge is 0.507 e. The number of carbonyl (C=O) groups excluding carboxylic acids is 3. The predicted molar refractivity (Wildman–Crippen MR) is 146 cm³/mol. The lowest BCUT2D eigenvalue weighted by molar-refractivity contribution is -0.132. The molecule has 39 heavy (non-hydrogen) atoms. The van der Waals surface area contributed by atoms with Gasteiger partial charge in [0.15, 0.2) is 0 Å². The number of carboxylic acid groups (broad SMARTS) is 1. The molecule has 0 spiro atoms. The van der Waals surface area contributed by atoms with Gasteiger partial charge in [0.1, 0.15) is 11.5 Å². The highest BCUT2D eigenvalue weighted by Gasteiger charge is 2.47. The number of hydrogen-bond acceptors (Lipinski definition) is 6. The molecule has 3 aromatic carbocycles. The Balaban J connectivity index is 1.83.